The van der Waals surface area contributed by atoms with Crippen molar-refractivity contribution < 1.29 is 13.9 Å². The summed E-state index contributed by atoms with van der Waals surface area (Å²) in [7, 11) is 0. The summed E-state index contributed by atoms with van der Waals surface area (Å²) in [6.45, 7) is 4.99. The van der Waals surface area contributed by atoms with Crippen LogP contribution in [0.15, 0.2) is 47.2 Å². The number of benzene rings is 1. The van der Waals surface area contributed by atoms with Crippen molar-refractivity contribution in [3.63, 3.8) is 0 Å². The Morgan fingerprint density at radius 1 is 1.07 bits per heavy atom. The highest BCUT2D eigenvalue weighted by atomic mass is 16.6. The van der Waals surface area contributed by atoms with Gasteiger partial charge >= 0.3 is 0 Å². The SMILES string of the molecule is c1coc(C(CNCc2cn[nH]c2-c2ccc3c(c2)OCCO3)N2CCCCC2)c1. The number of rotatable bonds is 7. The molecule has 2 aliphatic rings. The van der Waals surface area contributed by atoms with Gasteiger partial charge in [-0.3, -0.25) is 10.00 Å². The fourth-order valence-corrected chi connectivity index (χ4v) is 4.36. The van der Waals surface area contributed by atoms with Crippen LogP contribution in [0.2, 0.25) is 0 Å². The molecular weight excluding hydrogens is 380 g/mol. The summed E-state index contributed by atoms with van der Waals surface area (Å²) in [4.78, 5) is 2.53. The molecule has 0 spiro atoms. The molecule has 1 atom stereocenters. The average Bonchev–Trinajstić information content (AvgIpc) is 3.49. The van der Waals surface area contributed by atoms with Gasteiger partial charge in [0.1, 0.15) is 19.0 Å². The number of H-pyrrole nitrogens is 1. The van der Waals surface area contributed by atoms with Gasteiger partial charge in [0.25, 0.3) is 0 Å². The Balaban J connectivity index is 1.27. The Hall–Kier alpha value is -2.77. The van der Waals surface area contributed by atoms with Crippen molar-refractivity contribution in [2.45, 2.75) is 31.8 Å². The molecule has 3 aromatic rings. The lowest BCUT2D eigenvalue weighted by Gasteiger charge is -2.33. The van der Waals surface area contributed by atoms with Gasteiger partial charge in [-0.2, -0.15) is 5.10 Å². The second-order valence-corrected chi connectivity index (χ2v) is 7.89. The first-order valence-corrected chi connectivity index (χ1v) is 10.8. The van der Waals surface area contributed by atoms with E-state index in [1.165, 1.54) is 19.3 Å². The highest BCUT2D eigenvalue weighted by molar-refractivity contribution is 5.66. The van der Waals surface area contributed by atoms with E-state index in [2.05, 4.69) is 26.5 Å². The topological polar surface area (TPSA) is 75.5 Å². The van der Waals surface area contributed by atoms with E-state index < -0.39 is 0 Å². The third-order valence-electron chi connectivity index (χ3n) is 5.90. The van der Waals surface area contributed by atoms with Crippen molar-refractivity contribution in [3.05, 3.63) is 54.1 Å². The molecule has 0 radical (unpaired) electrons. The number of furan rings is 1. The molecule has 7 nitrogen and oxygen atoms in total. The molecule has 30 heavy (non-hydrogen) atoms. The van der Waals surface area contributed by atoms with Crippen LogP contribution < -0.4 is 14.8 Å². The van der Waals surface area contributed by atoms with Gasteiger partial charge < -0.3 is 19.2 Å². The summed E-state index contributed by atoms with van der Waals surface area (Å²) < 4.78 is 17.1. The Bertz CT molecular complexity index is 947. The summed E-state index contributed by atoms with van der Waals surface area (Å²) in [6.07, 6.45) is 7.49. The van der Waals surface area contributed by atoms with Gasteiger partial charge in [0.2, 0.25) is 0 Å². The maximum atomic E-state index is 5.76. The van der Waals surface area contributed by atoms with Gasteiger partial charge in [-0.15, -0.1) is 0 Å². The van der Waals surface area contributed by atoms with Crippen LogP contribution >= 0.6 is 0 Å². The van der Waals surface area contributed by atoms with Crippen molar-refractivity contribution in [2.75, 3.05) is 32.8 Å². The van der Waals surface area contributed by atoms with E-state index in [4.69, 9.17) is 13.9 Å². The molecule has 0 bridgehead atoms. The summed E-state index contributed by atoms with van der Waals surface area (Å²) in [5, 5.41) is 11.1. The summed E-state index contributed by atoms with van der Waals surface area (Å²) >= 11 is 0. The van der Waals surface area contributed by atoms with Crippen molar-refractivity contribution in [2.24, 2.45) is 0 Å². The third kappa shape index (κ3) is 4.08. The maximum Gasteiger partial charge on any atom is 0.162 e. The zero-order valence-electron chi connectivity index (χ0n) is 17.1. The van der Waals surface area contributed by atoms with Crippen molar-refractivity contribution in [3.8, 4) is 22.8 Å². The van der Waals surface area contributed by atoms with Gasteiger partial charge in [0.05, 0.1) is 24.2 Å². The zero-order valence-corrected chi connectivity index (χ0v) is 17.1. The normalized spacial score (nSPS) is 17.7. The number of hydrogen-bond acceptors (Lipinski definition) is 6. The molecule has 2 aromatic heterocycles. The Morgan fingerprint density at radius 2 is 1.93 bits per heavy atom. The van der Waals surface area contributed by atoms with Crippen molar-refractivity contribution in [1.82, 2.24) is 20.4 Å². The maximum absolute atomic E-state index is 5.76. The number of likely N-dealkylation sites (tertiary alicyclic amines) is 1. The standard InChI is InChI=1S/C23H28N4O3/c1-2-8-27(9-3-1)19(20-5-4-10-28-20)16-24-14-18-15-25-26-23(18)17-6-7-21-22(13-17)30-12-11-29-21/h4-7,10,13,15,19,24H,1-3,8-9,11-12,14,16H2,(H,25,26). The largest absolute Gasteiger partial charge is 0.486 e. The highest BCUT2D eigenvalue weighted by Gasteiger charge is 2.24. The Kier molecular flexibility index (Phi) is 5.72. The minimum absolute atomic E-state index is 0.255. The number of nitrogens with one attached hydrogen (secondary N) is 2. The second kappa shape index (κ2) is 8.93. The first kappa shape index (κ1) is 19.2. The van der Waals surface area contributed by atoms with Gasteiger partial charge in [-0.05, 0) is 56.3 Å². The van der Waals surface area contributed by atoms with Gasteiger partial charge in [0.15, 0.2) is 11.5 Å². The fourth-order valence-electron chi connectivity index (χ4n) is 4.36. The van der Waals surface area contributed by atoms with E-state index >= 15 is 0 Å². The molecule has 1 unspecified atom stereocenters. The number of aromatic amines is 1. The van der Waals surface area contributed by atoms with E-state index in [0.717, 1.165) is 60.3 Å². The summed E-state index contributed by atoms with van der Waals surface area (Å²) in [5.74, 6) is 2.62. The van der Waals surface area contributed by atoms with E-state index in [1.807, 2.05) is 30.5 Å². The third-order valence-corrected chi connectivity index (χ3v) is 5.90. The lowest BCUT2D eigenvalue weighted by molar-refractivity contribution is 0.142. The molecule has 0 aliphatic carbocycles. The molecule has 1 saturated heterocycles. The summed E-state index contributed by atoms with van der Waals surface area (Å²) in [6, 6.07) is 10.3. The minimum Gasteiger partial charge on any atom is -0.486 e. The molecule has 4 heterocycles. The molecule has 1 aromatic carbocycles. The Labute approximate surface area is 176 Å². The van der Waals surface area contributed by atoms with Crippen LogP contribution in [0, 0.1) is 0 Å². The highest BCUT2D eigenvalue weighted by Crippen LogP contribution is 2.35. The van der Waals surface area contributed by atoms with E-state index in [-0.39, 0.29) is 6.04 Å². The van der Waals surface area contributed by atoms with Crippen LogP contribution in [-0.2, 0) is 6.54 Å². The van der Waals surface area contributed by atoms with Crippen LogP contribution in [0.25, 0.3) is 11.3 Å². The minimum atomic E-state index is 0.255. The lowest BCUT2D eigenvalue weighted by Crippen LogP contribution is -2.38. The quantitative estimate of drug-likeness (QED) is 0.620. The smallest absolute Gasteiger partial charge is 0.162 e. The van der Waals surface area contributed by atoms with Crippen LogP contribution in [0.3, 0.4) is 0 Å². The number of piperidine rings is 1. The molecule has 2 N–H and O–H groups in total. The monoisotopic (exact) mass is 408 g/mol. The first-order chi connectivity index (χ1) is 14.9. The molecule has 2 aliphatic heterocycles. The van der Waals surface area contributed by atoms with Crippen molar-refractivity contribution >= 4 is 0 Å². The summed E-state index contributed by atoms with van der Waals surface area (Å²) in [5.41, 5.74) is 3.18. The van der Waals surface area contributed by atoms with Crippen molar-refractivity contribution in [1.29, 1.82) is 0 Å². The van der Waals surface area contributed by atoms with E-state index in [0.29, 0.717) is 13.2 Å². The van der Waals surface area contributed by atoms with Crippen LogP contribution in [0.4, 0.5) is 0 Å². The molecule has 1 fully saturated rings. The van der Waals surface area contributed by atoms with Crippen LogP contribution in [0.1, 0.15) is 36.6 Å². The number of fused-ring (bicyclic) bond motifs is 1. The van der Waals surface area contributed by atoms with Crippen LogP contribution in [-0.4, -0.2) is 47.9 Å². The second-order valence-electron chi connectivity index (χ2n) is 7.89. The number of hydrogen-bond donors (Lipinski definition) is 2. The van der Waals surface area contributed by atoms with E-state index in [1.54, 1.807) is 6.26 Å². The van der Waals surface area contributed by atoms with Gasteiger partial charge in [-0.25, -0.2) is 0 Å². The lowest BCUT2D eigenvalue weighted by atomic mass is 10.1. The van der Waals surface area contributed by atoms with Crippen LogP contribution in [0.5, 0.6) is 11.5 Å². The molecule has 5 rings (SSSR count). The predicted octanol–water partition coefficient (Wildman–Crippen LogP) is 3.76. The first-order valence-electron chi connectivity index (χ1n) is 10.8. The van der Waals surface area contributed by atoms with Gasteiger partial charge in [0, 0.05) is 24.2 Å². The number of nitrogens with zero attached hydrogens (tertiary/aromatic N) is 2. The van der Waals surface area contributed by atoms with Gasteiger partial charge in [-0.1, -0.05) is 6.42 Å². The fraction of sp³-hybridized carbons (Fsp3) is 0.435. The number of aromatic nitrogens is 2. The molecule has 7 heteroatoms. The zero-order chi connectivity index (χ0) is 20.2. The Morgan fingerprint density at radius 3 is 2.77 bits per heavy atom. The predicted molar refractivity (Wildman–Crippen MR) is 114 cm³/mol. The average molecular weight is 409 g/mol. The molecular formula is C23H28N4O3. The molecule has 0 saturated carbocycles. The molecule has 0 amide bonds. The number of ether oxygens (including phenoxy) is 2. The van der Waals surface area contributed by atoms with E-state index in [9.17, 15) is 0 Å². The molecule has 158 valence electrons.